The van der Waals surface area contributed by atoms with E-state index in [2.05, 4.69) is 12.2 Å². The Hall–Kier alpha value is -0.120. The van der Waals surface area contributed by atoms with Gasteiger partial charge in [0.15, 0.2) is 0 Å². The molecule has 14 heavy (non-hydrogen) atoms. The normalized spacial score (nSPS) is 26.4. The molecule has 1 aliphatic rings. The minimum absolute atomic E-state index is 0.165. The molecule has 1 aliphatic heterocycles. The Balaban J connectivity index is 1.99. The van der Waals surface area contributed by atoms with E-state index in [-0.39, 0.29) is 6.10 Å². The zero-order chi connectivity index (χ0) is 10.4. The summed E-state index contributed by atoms with van der Waals surface area (Å²) in [4.78, 5) is 0. The SMILES string of the molecule is CC(O)CCCNC(C)C1CCOC1. The molecule has 0 bridgehead atoms. The van der Waals surface area contributed by atoms with Crippen LogP contribution in [0.15, 0.2) is 0 Å². The number of rotatable bonds is 6. The van der Waals surface area contributed by atoms with E-state index in [1.807, 2.05) is 6.92 Å². The summed E-state index contributed by atoms with van der Waals surface area (Å²) in [5.74, 6) is 0.682. The Morgan fingerprint density at radius 2 is 2.29 bits per heavy atom. The van der Waals surface area contributed by atoms with Gasteiger partial charge in [-0.3, -0.25) is 0 Å². The molecule has 0 aromatic carbocycles. The van der Waals surface area contributed by atoms with E-state index in [4.69, 9.17) is 9.84 Å². The van der Waals surface area contributed by atoms with Gasteiger partial charge in [-0.15, -0.1) is 0 Å². The molecule has 0 amide bonds. The largest absolute Gasteiger partial charge is 0.393 e. The van der Waals surface area contributed by atoms with Gasteiger partial charge in [-0.25, -0.2) is 0 Å². The first kappa shape index (κ1) is 12.0. The quantitative estimate of drug-likeness (QED) is 0.634. The van der Waals surface area contributed by atoms with Crippen molar-refractivity contribution in [2.24, 2.45) is 5.92 Å². The molecule has 3 unspecified atom stereocenters. The first-order valence-electron chi connectivity index (χ1n) is 5.69. The summed E-state index contributed by atoms with van der Waals surface area (Å²) >= 11 is 0. The van der Waals surface area contributed by atoms with Gasteiger partial charge in [0.2, 0.25) is 0 Å². The average Bonchev–Trinajstić information content (AvgIpc) is 2.64. The number of aliphatic hydroxyl groups is 1. The molecule has 0 spiro atoms. The first-order valence-corrected chi connectivity index (χ1v) is 5.69. The highest BCUT2D eigenvalue weighted by Crippen LogP contribution is 2.16. The molecule has 3 heteroatoms. The molecular formula is C11H23NO2. The van der Waals surface area contributed by atoms with Crippen molar-refractivity contribution >= 4 is 0 Å². The molecule has 1 heterocycles. The summed E-state index contributed by atoms with van der Waals surface area (Å²) in [5, 5.41) is 12.6. The first-order chi connectivity index (χ1) is 6.70. The third-order valence-corrected chi connectivity index (χ3v) is 2.94. The lowest BCUT2D eigenvalue weighted by atomic mass is 10.0. The number of ether oxygens (including phenoxy) is 1. The van der Waals surface area contributed by atoms with E-state index in [1.54, 1.807) is 0 Å². The van der Waals surface area contributed by atoms with Crippen molar-refractivity contribution in [3.8, 4) is 0 Å². The van der Waals surface area contributed by atoms with Crippen LogP contribution in [0.4, 0.5) is 0 Å². The lowest BCUT2D eigenvalue weighted by Crippen LogP contribution is -2.34. The van der Waals surface area contributed by atoms with E-state index in [9.17, 15) is 0 Å². The summed E-state index contributed by atoms with van der Waals surface area (Å²) in [6, 6.07) is 0.548. The van der Waals surface area contributed by atoms with Crippen molar-refractivity contribution in [1.82, 2.24) is 5.32 Å². The number of aliphatic hydroxyl groups excluding tert-OH is 1. The molecule has 0 saturated carbocycles. The number of nitrogens with one attached hydrogen (secondary N) is 1. The molecule has 1 saturated heterocycles. The third-order valence-electron chi connectivity index (χ3n) is 2.94. The van der Waals surface area contributed by atoms with E-state index < -0.39 is 0 Å². The predicted molar refractivity (Wildman–Crippen MR) is 57.3 cm³/mol. The van der Waals surface area contributed by atoms with Crippen LogP contribution < -0.4 is 5.32 Å². The van der Waals surface area contributed by atoms with Crippen LogP contribution in [-0.4, -0.2) is 37.0 Å². The van der Waals surface area contributed by atoms with Gasteiger partial charge in [0.1, 0.15) is 0 Å². The molecule has 2 N–H and O–H groups in total. The molecule has 0 radical (unpaired) electrons. The van der Waals surface area contributed by atoms with Gasteiger partial charge in [0, 0.05) is 12.6 Å². The minimum Gasteiger partial charge on any atom is -0.393 e. The van der Waals surface area contributed by atoms with Crippen molar-refractivity contribution in [1.29, 1.82) is 0 Å². The summed E-state index contributed by atoms with van der Waals surface area (Å²) < 4.78 is 5.34. The monoisotopic (exact) mass is 201 g/mol. The van der Waals surface area contributed by atoms with Crippen LogP contribution in [0.5, 0.6) is 0 Å². The van der Waals surface area contributed by atoms with Crippen LogP contribution >= 0.6 is 0 Å². The molecule has 0 aliphatic carbocycles. The van der Waals surface area contributed by atoms with Crippen molar-refractivity contribution < 1.29 is 9.84 Å². The summed E-state index contributed by atoms with van der Waals surface area (Å²) in [6.45, 7) is 6.90. The third kappa shape index (κ3) is 4.40. The number of hydrogen-bond donors (Lipinski definition) is 2. The second kappa shape index (κ2) is 6.38. The molecule has 1 fully saturated rings. The van der Waals surface area contributed by atoms with Crippen LogP contribution in [-0.2, 0) is 4.74 Å². The maximum Gasteiger partial charge on any atom is 0.0512 e. The van der Waals surface area contributed by atoms with Crippen LogP contribution in [0.2, 0.25) is 0 Å². The summed E-state index contributed by atoms with van der Waals surface area (Å²) in [6.07, 6.45) is 2.96. The Kier molecular flexibility index (Phi) is 5.45. The fraction of sp³-hybridized carbons (Fsp3) is 1.00. The fourth-order valence-corrected chi connectivity index (χ4v) is 1.84. The molecule has 3 nitrogen and oxygen atoms in total. The van der Waals surface area contributed by atoms with Crippen LogP contribution in [0.3, 0.4) is 0 Å². The second-order valence-corrected chi connectivity index (χ2v) is 4.36. The Morgan fingerprint density at radius 3 is 2.86 bits per heavy atom. The standard InChI is InChI=1S/C11H23NO2/c1-9(13)4-3-6-12-10(2)11-5-7-14-8-11/h9-13H,3-8H2,1-2H3. The molecule has 84 valence electrons. The molecule has 1 rings (SSSR count). The highest BCUT2D eigenvalue weighted by atomic mass is 16.5. The van der Waals surface area contributed by atoms with Gasteiger partial charge in [0.05, 0.1) is 12.7 Å². The second-order valence-electron chi connectivity index (χ2n) is 4.36. The molecule has 0 aromatic rings. The maximum absolute atomic E-state index is 9.08. The van der Waals surface area contributed by atoms with Gasteiger partial charge in [0.25, 0.3) is 0 Å². The summed E-state index contributed by atoms with van der Waals surface area (Å²) in [7, 11) is 0. The molecular weight excluding hydrogens is 178 g/mol. The molecule has 0 aromatic heterocycles. The van der Waals surface area contributed by atoms with Gasteiger partial charge >= 0.3 is 0 Å². The van der Waals surface area contributed by atoms with E-state index in [0.29, 0.717) is 12.0 Å². The highest BCUT2D eigenvalue weighted by molar-refractivity contribution is 4.75. The van der Waals surface area contributed by atoms with E-state index >= 15 is 0 Å². The smallest absolute Gasteiger partial charge is 0.0512 e. The Bertz CT molecular complexity index is 144. The van der Waals surface area contributed by atoms with E-state index in [0.717, 1.165) is 32.6 Å². The highest BCUT2D eigenvalue weighted by Gasteiger charge is 2.21. The zero-order valence-electron chi connectivity index (χ0n) is 9.33. The van der Waals surface area contributed by atoms with Crippen molar-refractivity contribution in [3.63, 3.8) is 0 Å². The van der Waals surface area contributed by atoms with Gasteiger partial charge in [-0.1, -0.05) is 0 Å². The average molecular weight is 201 g/mol. The van der Waals surface area contributed by atoms with Gasteiger partial charge in [-0.05, 0) is 45.6 Å². The van der Waals surface area contributed by atoms with Crippen LogP contribution in [0.1, 0.15) is 33.1 Å². The van der Waals surface area contributed by atoms with Crippen molar-refractivity contribution in [3.05, 3.63) is 0 Å². The number of hydrogen-bond acceptors (Lipinski definition) is 3. The van der Waals surface area contributed by atoms with Crippen molar-refractivity contribution in [2.45, 2.75) is 45.3 Å². The Morgan fingerprint density at radius 1 is 1.50 bits per heavy atom. The molecule has 3 atom stereocenters. The minimum atomic E-state index is -0.165. The van der Waals surface area contributed by atoms with E-state index in [1.165, 1.54) is 6.42 Å². The van der Waals surface area contributed by atoms with Crippen molar-refractivity contribution in [2.75, 3.05) is 19.8 Å². The predicted octanol–water partition coefficient (Wildman–Crippen LogP) is 1.16. The lowest BCUT2D eigenvalue weighted by Gasteiger charge is -2.19. The topological polar surface area (TPSA) is 41.5 Å². The van der Waals surface area contributed by atoms with Gasteiger partial charge < -0.3 is 15.2 Å². The van der Waals surface area contributed by atoms with Gasteiger partial charge in [-0.2, -0.15) is 0 Å². The maximum atomic E-state index is 9.08. The Labute approximate surface area is 86.8 Å². The summed E-state index contributed by atoms with van der Waals surface area (Å²) in [5.41, 5.74) is 0. The van der Waals surface area contributed by atoms with Crippen LogP contribution in [0, 0.1) is 5.92 Å². The lowest BCUT2D eigenvalue weighted by molar-refractivity contribution is 0.173. The fourth-order valence-electron chi connectivity index (χ4n) is 1.84. The van der Waals surface area contributed by atoms with Crippen LogP contribution in [0.25, 0.3) is 0 Å². The zero-order valence-corrected chi connectivity index (χ0v) is 9.33.